The Labute approximate surface area is 156 Å². The van der Waals surface area contributed by atoms with E-state index in [0.717, 1.165) is 17.2 Å². The third-order valence-electron chi connectivity index (χ3n) is 3.52. The van der Waals surface area contributed by atoms with Crippen LogP contribution in [-0.2, 0) is 5.75 Å². The summed E-state index contributed by atoms with van der Waals surface area (Å²) in [6.07, 6.45) is 1.47. The summed E-state index contributed by atoms with van der Waals surface area (Å²) in [4.78, 5) is 13.0. The fourth-order valence-electron chi connectivity index (χ4n) is 2.25. The zero-order chi connectivity index (χ0) is 18.5. The molecule has 2 heterocycles. The van der Waals surface area contributed by atoms with Crippen LogP contribution in [0.15, 0.2) is 23.4 Å². The van der Waals surface area contributed by atoms with Crippen molar-refractivity contribution in [3.63, 3.8) is 0 Å². The molecule has 0 aliphatic heterocycles. The van der Waals surface area contributed by atoms with Gasteiger partial charge in [-0.25, -0.2) is 23.7 Å². The summed E-state index contributed by atoms with van der Waals surface area (Å²) in [7, 11) is 0. The number of nitrogen functional groups attached to an aromatic ring is 1. The first-order valence-corrected chi connectivity index (χ1v) is 9.73. The molecular weight excluding hydrogens is 380 g/mol. The van der Waals surface area contributed by atoms with E-state index in [1.165, 1.54) is 35.2 Å². The van der Waals surface area contributed by atoms with Crippen LogP contribution in [0.2, 0.25) is 0 Å². The molecule has 0 unspecified atom stereocenters. The maximum absolute atomic E-state index is 13.8. The van der Waals surface area contributed by atoms with Crippen LogP contribution in [0, 0.1) is 11.6 Å². The fourth-order valence-corrected chi connectivity index (χ4v) is 3.80. The molecule has 138 valence electrons. The van der Waals surface area contributed by atoms with Crippen molar-refractivity contribution in [3.8, 4) is 0 Å². The van der Waals surface area contributed by atoms with Gasteiger partial charge in [0.05, 0.1) is 0 Å². The standard InChI is InChI=1S/C16H17F2N5OS2/c17-10-5-3-4-9(11(10)18)8-25-16-22-13(20-6-1-2-7-24)12-14(23-16)21-15(19)26-12/h3-5,24H,1-2,6-8H2,(H3,19,20,21,22,23). The number of thiazole rings is 1. The molecule has 0 saturated carbocycles. The topological polar surface area (TPSA) is 97.0 Å². The van der Waals surface area contributed by atoms with Gasteiger partial charge in [-0.05, 0) is 18.9 Å². The second-order valence-electron chi connectivity index (χ2n) is 5.42. The molecule has 0 fully saturated rings. The number of fused-ring (bicyclic) bond motifs is 1. The Balaban J connectivity index is 1.80. The van der Waals surface area contributed by atoms with Crippen LogP contribution < -0.4 is 11.1 Å². The second-order valence-corrected chi connectivity index (χ2v) is 7.39. The largest absolute Gasteiger partial charge is 0.396 e. The van der Waals surface area contributed by atoms with Gasteiger partial charge < -0.3 is 16.2 Å². The minimum absolute atomic E-state index is 0.134. The predicted molar refractivity (Wildman–Crippen MR) is 100 cm³/mol. The zero-order valence-corrected chi connectivity index (χ0v) is 15.3. The monoisotopic (exact) mass is 397 g/mol. The summed E-state index contributed by atoms with van der Waals surface area (Å²) in [5.74, 6) is -0.942. The number of hydrogen-bond donors (Lipinski definition) is 3. The van der Waals surface area contributed by atoms with Gasteiger partial charge >= 0.3 is 0 Å². The lowest BCUT2D eigenvalue weighted by Crippen LogP contribution is -2.05. The quantitative estimate of drug-likeness (QED) is 0.304. The van der Waals surface area contributed by atoms with Crippen molar-refractivity contribution in [1.29, 1.82) is 0 Å². The molecule has 0 atom stereocenters. The first-order chi connectivity index (χ1) is 12.6. The Hall–Kier alpha value is -2.04. The highest BCUT2D eigenvalue weighted by atomic mass is 32.2. The number of unbranched alkanes of at least 4 members (excludes halogenated alkanes) is 1. The van der Waals surface area contributed by atoms with E-state index >= 15 is 0 Å². The molecule has 10 heteroatoms. The average Bonchev–Trinajstić information content (AvgIpc) is 3.00. The van der Waals surface area contributed by atoms with Gasteiger partial charge in [-0.2, -0.15) is 0 Å². The molecule has 4 N–H and O–H groups in total. The smallest absolute Gasteiger partial charge is 0.191 e. The van der Waals surface area contributed by atoms with Crippen LogP contribution in [0.3, 0.4) is 0 Å². The van der Waals surface area contributed by atoms with Crippen molar-refractivity contribution in [1.82, 2.24) is 15.0 Å². The molecule has 26 heavy (non-hydrogen) atoms. The van der Waals surface area contributed by atoms with Crippen LogP contribution in [0.4, 0.5) is 19.7 Å². The van der Waals surface area contributed by atoms with Gasteiger partial charge in [0.15, 0.2) is 33.4 Å². The molecule has 2 aromatic heterocycles. The van der Waals surface area contributed by atoms with Crippen LogP contribution in [0.5, 0.6) is 0 Å². The van der Waals surface area contributed by atoms with Gasteiger partial charge in [0.25, 0.3) is 0 Å². The third-order valence-corrected chi connectivity index (χ3v) is 5.29. The fraction of sp³-hybridized carbons (Fsp3) is 0.312. The zero-order valence-electron chi connectivity index (χ0n) is 13.7. The van der Waals surface area contributed by atoms with Crippen molar-refractivity contribution in [2.24, 2.45) is 0 Å². The number of aliphatic hydroxyl groups excluding tert-OH is 1. The van der Waals surface area contributed by atoms with E-state index in [4.69, 9.17) is 10.8 Å². The number of nitrogens with zero attached hydrogens (tertiary/aromatic N) is 3. The Bertz CT molecular complexity index is 906. The second kappa shape index (κ2) is 8.56. The lowest BCUT2D eigenvalue weighted by Gasteiger charge is -2.08. The maximum atomic E-state index is 13.8. The van der Waals surface area contributed by atoms with Crippen molar-refractivity contribution in [2.75, 3.05) is 24.2 Å². The van der Waals surface area contributed by atoms with Crippen LogP contribution in [0.25, 0.3) is 10.3 Å². The molecule has 0 aliphatic carbocycles. The third kappa shape index (κ3) is 4.37. The number of nitrogens with two attached hydrogens (primary N) is 1. The van der Waals surface area contributed by atoms with Crippen LogP contribution in [0.1, 0.15) is 18.4 Å². The molecule has 0 amide bonds. The first-order valence-electron chi connectivity index (χ1n) is 7.93. The molecular formula is C16H17F2N5OS2. The number of aromatic nitrogens is 3. The lowest BCUT2D eigenvalue weighted by atomic mass is 10.2. The highest BCUT2D eigenvalue weighted by molar-refractivity contribution is 7.98. The number of aliphatic hydroxyl groups is 1. The van der Waals surface area contributed by atoms with Crippen molar-refractivity contribution >= 4 is 44.4 Å². The van der Waals surface area contributed by atoms with Crippen molar-refractivity contribution in [2.45, 2.75) is 23.8 Å². The number of benzene rings is 1. The van der Waals surface area contributed by atoms with E-state index in [1.54, 1.807) is 0 Å². The predicted octanol–water partition coefficient (Wildman–Crippen LogP) is 3.42. The summed E-state index contributed by atoms with van der Waals surface area (Å²) >= 11 is 2.47. The van der Waals surface area contributed by atoms with Crippen LogP contribution >= 0.6 is 23.1 Å². The van der Waals surface area contributed by atoms with Gasteiger partial charge in [-0.1, -0.05) is 35.2 Å². The highest BCUT2D eigenvalue weighted by Crippen LogP contribution is 2.31. The highest BCUT2D eigenvalue weighted by Gasteiger charge is 2.14. The SMILES string of the molecule is Nc1nc2nc(SCc3cccc(F)c3F)nc(NCCCCO)c2s1. The van der Waals surface area contributed by atoms with E-state index in [-0.39, 0.29) is 17.9 Å². The summed E-state index contributed by atoms with van der Waals surface area (Å²) < 4.78 is 27.8. The van der Waals surface area contributed by atoms with E-state index < -0.39 is 11.6 Å². The molecule has 3 rings (SSSR count). The number of rotatable bonds is 8. The summed E-state index contributed by atoms with van der Waals surface area (Å²) in [6.45, 7) is 0.766. The average molecular weight is 397 g/mol. The van der Waals surface area contributed by atoms with E-state index in [1.807, 2.05) is 0 Å². The van der Waals surface area contributed by atoms with Gasteiger partial charge in [-0.15, -0.1) is 0 Å². The van der Waals surface area contributed by atoms with E-state index in [2.05, 4.69) is 20.3 Å². The van der Waals surface area contributed by atoms with E-state index in [9.17, 15) is 8.78 Å². The number of thioether (sulfide) groups is 1. The Kier molecular flexibility index (Phi) is 6.17. The number of nitrogens with one attached hydrogen (secondary N) is 1. The van der Waals surface area contributed by atoms with Crippen molar-refractivity contribution in [3.05, 3.63) is 35.4 Å². The molecule has 0 radical (unpaired) electrons. The summed E-state index contributed by atoms with van der Waals surface area (Å²) in [5.41, 5.74) is 6.48. The Morgan fingerprint density at radius 3 is 2.85 bits per heavy atom. The molecule has 0 spiro atoms. The number of anilines is 2. The van der Waals surface area contributed by atoms with Crippen LogP contribution in [-0.4, -0.2) is 33.2 Å². The minimum Gasteiger partial charge on any atom is -0.396 e. The minimum atomic E-state index is -0.877. The summed E-state index contributed by atoms with van der Waals surface area (Å²) in [5, 5.41) is 12.8. The number of hydrogen-bond acceptors (Lipinski definition) is 8. The van der Waals surface area contributed by atoms with Gasteiger partial charge in [0.1, 0.15) is 4.70 Å². The first kappa shape index (κ1) is 18.7. The normalized spacial score (nSPS) is 11.2. The lowest BCUT2D eigenvalue weighted by molar-refractivity contribution is 0.286. The molecule has 6 nitrogen and oxygen atoms in total. The molecule has 0 bridgehead atoms. The Morgan fingerprint density at radius 2 is 2.04 bits per heavy atom. The number of halogens is 2. The van der Waals surface area contributed by atoms with Gasteiger partial charge in [-0.3, -0.25) is 0 Å². The van der Waals surface area contributed by atoms with E-state index in [0.29, 0.717) is 34.7 Å². The maximum Gasteiger partial charge on any atom is 0.191 e. The van der Waals surface area contributed by atoms with Gasteiger partial charge in [0, 0.05) is 24.5 Å². The molecule has 0 aliphatic rings. The molecule has 0 saturated heterocycles. The summed E-state index contributed by atoms with van der Waals surface area (Å²) in [6, 6.07) is 4.07. The molecule has 1 aromatic carbocycles. The van der Waals surface area contributed by atoms with Gasteiger partial charge in [0.2, 0.25) is 0 Å². The molecule has 3 aromatic rings. The Morgan fingerprint density at radius 1 is 1.19 bits per heavy atom. The van der Waals surface area contributed by atoms with Crippen molar-refractivity contribution < 1.29 is 13.9 Å².